The molecule has 6 rings (SSSR count). The predicted molar refractivity (Wildman–Crippen MR) is 254 cm³/mol. The number of carboxylic acid groups (broad SMARTS) is 2. The van der Waals surface area contributed by atoms with Crippen molar-refractivity contribution in [3.63, 3.8) is 0 Å². The molecule has 2 fully saturated rings. The minimum absolute atomic E-state index is 0.0483. The Morgan fingerprint density at radius 1 is 0.594 bits per heavy atom. The highest BCUT2D eigenvalue weighted by molar-refractivity contribution is 5.92. The summed E-state index contributed by atoms with van der Waals surface area (Å²) in [6.45, 7) is 15.1. The van der Waals surface area contributed by atoms with Gasteiger partial charge in [-0.3, -0.25) is 14.5 Å². The fourth-order valence-electron chi connectivity index (χ4n) is 8.69. The van der Waals surface area contributed by atoms with Crippen molar-refractivity contribution in [3.8, 4) is 11.8 Å². The Morgan fingerprint density at radius 2 is 0.938 bits per heavy atom. The molecule has 2 aliphatic rings. The Hall–Kier alpha value is -5.76. The molecule has 0 spiro atoms. The first-order valence-corrected chi connectivity index (χ1v) is 22.5. The van der Waals surface area contributed by atoms with Crippen molar-refractivity contribution in [2.24, 2.45) is 10.8 Å². The molecular formula is C54H68N4O6. The molecule has 0 unspecified atom stereocenters. The second-order valence-corrected chi connectivity index (χ2v) is 19.6. The van der Waals surface area contributed by atoms with E-state index < -0.39 is 35.9 Å². The molecule has 0 radical (unpaired) electrons. The minimum Gasteiger partial charge on any atom is -0.480 e. The topological polar surface area (TPSA) is 122 Å². The highest BCUT2D eigenvalue weighted by atomic mass is 16.4. The molecule has 4 aromatic carbocycles. The van der Waals surface area contributed by atoms with E-state index in [0.29, 0.717) is 32.5 Å². The number of nitrogens with zero attached hydrogens (tertiary/aromatic N) is 4. The van der Waals surface area contributed by atoms with Crippen LogP contribution in [-0.2, 0) is 19.2 Å². The van der Waals surface area contributed by atoms with Gasteiger partial charge in [0, 0.05) is 30.6 Å². The van der Waals surface area contributed by atoms with Gasteiger partial charge in [0.2, 0.25) is 11.8 Å². The van der Waals surface area contributed by atoms with Crippen LogP contribution in [0.1, 0.15) is 101 Å². The molecule has 4 atom stereocenters. The van der Waals surface area contributed by atoms with E-state index in [1.54, 1.807) is 9.80 Å². The van der Waals surface area contributed by atoms with Gasteiger partial charge in [0.1, 0.15) is 12.1 Å². The molecule has 0 bridgehead atoms. The molecule has 2 saturated heterocycles. The molecule has 0 aliphatic carbocycles. The SMILES string of the molecule is CN(CC#CC(C)(C)C)[C@H]1C[C@@H](C(=O)O)N(C(=O)C(c2ccccc2)c2ccccc2)C1.CN(CCCC(C)(C)C)[C@H]1C[C@@H](C(=O)O)N(C(=O)C(c2ccccc2)c2ccccc2)C1. The Bertz CT molecular complexity index is 2110. The summed E-state index contributed by atoms with van der Waals surface area (Å²) in [5, 5.41) is 19.8. The molecule has 10 heteroatoms. The number of aliphatic carboxylic acids is 2. The smallest absolute Gasteiger partial charge is 0.326 e. The van der Waals surface area contributed by atoms with Gasteiger partial charge >= 0.3 is 11.9 Å². The van der Waals surface area contributed by atoms with Gasteiger partial charge in [-0.1, -0.05) is 154 Å². The lowest BCUT2D eigenvalue weighted by Crippen LogP contribution is -2.43. The third-order valence-corrected chi connectivity index (χ3v) is 12.2. The first kappa shape index (κ1) is 49.3. The first-order chi connectivity index (χ1) is 30.3. The van der Waals surface area contributed by atoms with E-state index in [9.17, 15) is 29.4 Å². The van der Waals surface area contributed by atoms with Crippen LogP contribution in [0, 0.1) is 22.7 Å². The lowest BCUT2D eigenvalue weighted by molar-refractivity contribution is -0.148. The van der Waals surface area contributed by atoms with Crippen LogP contribution in [0.2, 0.25) is 0 Å². The number of carbonyl (C=O) groups excluding carboxylic acids is 2. The quantitative estimate of drug-likeness (QED) is 0.121. The van der Waals surface area contributed by atoms with Crippen LogP contribution in [0.15, 0.2) is 121 Å². The Balaban J connectivity index is 0.000000241. The lowest BCUT2D eigenvalue weighted by Gasteiger charge is -2.28. The second kappa shape index (κ2) is 22.2. The van der Waals surface area contributed by atoms with Crippen molar-refractivity contribution in [1.82, 2.24) is 19.6 Å². The zero-order chi connectivity index (χ0) is 46.6. The van der Waals surface area contributed by atoms with E-state index >= 15 is 0 Å². The molecule has 340 valence electrons. The molecule has 0 aromatic heterocycles. The minimum atomic E-state index is -0.963. The van der Waals surface area contributed by atoms with Crippen LogP contribution in [0.25, 0.3) is 0 Å². The van der Waals surface area contributed by atoms with Crippen LogP contribution in [-0.4, -0.2) is 118 Å². The Labute approximate surface area is 381 Å². The number of carboxylic acids is 2. The summed E-state index contributed by atoms with van der Waals surface area (Å²) >= 11 is 0. The summed E-state index contributed by atoms with van der Waals surface area (Å²) in [5.41, 5.74) is 3.69. The maximum Gasteiger partial charge on any atom is 0.326 e. The van der Waals surface area contributed by atoms with Gasteiger partial charge in [-0.2, -0.15) is 0 Å². The normalized spacial score (nSPS) is 18.8. The molecular weight excluding hydrogens is 801 g/mol. The predicted octanol–water partition coefficient (Wildman–Crippen LogP) is 8.48. The van der Waals surface area contributed by atoms with Gasteiger partial charge < -0.3 is 24.9 Å². The number of carbonyl (C=O) groups is 4. The van der Waals surface area contributed by atoms with Crippen molar-refractivity contribution in [1.29, 1.82) is 0 Å². The largest absolute Gasteiger partial charge is 0.480 e. The maximum absolute atomic E-state index is 13.8. The van der Waals surface area contributed by atoms with Crippen LogP contribution >= 0.6 is 0 Å². The van der Waals surface area contributed by atoms with Crippen molar-refractivity contribution >= 4 is 23.8 Å². The van der Waals surface area contributed by atoms with Crippen LogP contribution in [0.5, 0.6) is 0 Å². The van der Waals surface area contributed by atoms with Crippen LogP contribution in [0.3, 0.4) is 0 Å². The van der Waals surface area contributed by atoms with Gasteiger partial charge in [-0.05, 0) is 94.8 Å². The molecule has 2 heterocycles. The summed E-state index contributed by atoms with van der Waals surface area (Å²) < 4.78 is 0. The number of rotatable bonds is 14. The van der Waals surface area contributed by atoms with Gasteiger partial charge in [0.05, 0.1) is 18.4 Å². The van der Waals surface area contributed by atoms with E-state index in [1.807, 2.05) is 135 Å². The average molecular weight is 869 g/mol. The molecule has 4 aromatic rings. The van der Waals surface area contributed by atoms with E-state index in [-0.39, 0.29) is 34.7 Å². The lowest BCUT2D eigenvalue weighted by atomic mass is 9.90. The maximum atomic E-state index is 13.8. The summed E-state index contributed by atoms with van der Waals surface area (Å²) in [6, 6.07) is 36.8. The van der Waals surface area contributed by atoms with E-state index in [2.05, 4.69) is 63.2 Å². The van der Waals surface area contributed by atoms with Crippen LogP contribution < -0.4 is 0 Å². The molecule has 2 amide bonds. The first-order valence-electron chi connectivity index (χ1n) is 22.5. The Morgan fingerprint density at radius 3 is 1.25 bits per heavy atom. The molecule has 64 heavy (non-hydrogen) atoms. The molecule has 2 aliphatic heterocycles. The number of likely N-dealkylation sites (N-methyl/N-ethyl adjacent to an activating group) is 2. The van der Waals surface area contributed by atoms with Crippen molar-refractivity contribution in [2.45, 2.75) is 103 Å². The number of hydrogen-bond donors (Lipinski definition) is 2. The highest BCUT2D eigenvalue weighted by Crippen LogP contribution is 2.34. The summed E-state index contributed by atoms with van der Waals surface area (Å²) in [6.07, 6.45) is 3.02. The molecule has 0 saturated carbocycles. The number of likely N-dealkylation sites (tertiary alicyclic amines) is 2. The van der Waals surface area contributed by atoms with Crippen LogP contribution in [0.4, 0.5) is 0 Å². The summed E-state index contributed by atoms with van der Waals surface area (Å²) in [5.74, 6) is 3.16. The summed E-state index contributed by atoms with van der Waals surface area (Å²) in [7, 11) is 3.99. The zero-order valence-corrected chi connectivity index (χ0v) is 39.0. The van der Waals surface area contributed by atoms with E-state index in [0.717, 1.165) is 41.6 Å². The second-order valence-electron chi connectivity index (χ2n) is 19.6. The number of benzene rings is 4. The van der Waals surface area contributed by atoms with Gasteiger partial charge in [-0.15, -0.1) is 0 Å². The highest BCUT2D eigenvalue weighted by Gasteiger charge is 2.45. The number of amides is 2. The fourth-order valence-corrected chi connectivity index (χ4v) is 8.69. The van der Waals surface area contributed by atoms with E-state index in [1.165, 1.54) is 0 Å². The standard InChI is InChI=1S/C27H36N2O3.C27H32N2O3/c2*1-27(2,3)16-11-17-28(4)22-18-23(26(31)32)29(19-22)25(30)24(20-12-7-5-8-13-20)21-14-9-6-10-15-21/h5-10,12-15,22-24H,11,16-19H2,1-4H3,(H,31,32);5-10,12-15,22-24H,17-19H2,1-4H3,(H,31,32)/t2*22-,23-/m00/s1. The average Bonchev–Trinajstić information content (AvgIpc) is 3.92. The van der Waals surface area contributed by atoms with Crippen molar-refractivity contribution in [3.05, 3.63) is 144 Å². The molecule has 2 N–H and O–H groups in total. The number of hydrogen-bond acceptors (Lipinski definition) is 6. The van der Waals surface area contributed by atoms with Gasteiger partial charge in [0.25, 0.3) is 0 Å². The van der Waals surface area contributed by atoms with E-state index in [4.69, 9.17) is 0 Å². The fraction of sp³-hybridized carbons (Fsp3) is 0.444. The van der Waals surface area contributed by atoms with Gasteiger partial charge in [-0.25, -0.2) is 9.59 Å². The zero-order valence-electron chi connectivity index (χ0n) is 39.0. The Kier molecular flexibility index (Phi) is 17.1. The van der Waals surface area contributed by atoms with Crippen molar-refractivity contribution < 1.29 is 29.4 Å². The summed E-state index contributed by atoms with van der Waals surface area (Å²) in [4.78, 5) is 59.2. The third-order valence-electron chi connectivity index (χ3n) is 12.2. The van der Waals surface area contributed by atoms with Gasteiger partial charge in [0.15, 0.2) is 0 Å². The molecule has 10 nitrogen and oxygen atoms in total. The monoisotopic (exact) mass is 869 g/mol. The third kappa shape index (κ3) is 13.6. The van der Waals surface area contributed by atoms with Crippen molar-refractivity contribution in [2.75, 3.05) is 40.3 Å².